The molecule has 0 unspecified atom stereocenters. The van der Waals surface area contributed by atoms with Gasteiger partial charge in [0.2, 0.25) is 0 Å². The average molecular weight is 228 g/mol. The lowest BCUT2D eigenvalue weighted by molar-refractivity contribution is 0.361. The zero-order chi connectivity index (χ0) is 12.1. The van der Waals surface area contributed by atoms with Crippen molar-refractivity contribution in [2.75, 3.05) is 5.32 Å². The number of anilines is 1. The number of hydrogen-bond donors (Lipinski definition) is 1. The van der Waals surface area contributed by atoms with E-state index in [4.69, 9.17) is 5.26 Å². The third-order valence-corrected chi connectivity index (χ3v) is 3.62. The van der Waals surface area contributed by atoms with Gasteiger partial charge in [0.25, 0.3) is 0 Å². The second-order valence-corrected chi connectivity index (χ2v) is 5.13. The zero-order valence-electron chi connectivity index (χ0n) is 10.4. The number of nitrogens with one attached hydrogen (secondary N) is 1. The van der Waals surface area contributed by atoms with Crippen LogP contribution < -0.4 is 5.32 Å². The van der Waals surface area contributed by atoms with E-state index >= 15 is 0 Å². The quantitative estimate of drug-likeness (QED) is 0.855. The van der Waals surface area contributed by atoms with E-state index in [0.717, 1.165) is 11.5 Å². The molecule has 2 nitrogen and oxygen atoms in total. The average Bonchev–Trinajstić information content (AvgIpc) is 2.35. The van der Waals surface area contributed by atoms with Crippen molar-refractivity contribution in [1.82, 2.24) is 0 Å². The summed E-state index contributed by atoms with van der Waals surface area (Å²) in [5.41, 5.74) is 2.28. The summed E-state index contributed by atoms with van der Waals surface area (Å²) in [7, 11) is 0. The van der Waals surface area contributed by atoms with Gasteiger partial charge in [0.05, 0.1) is 12.5 Å². The summed E-state index contributed by atoms with van der Waals surface area (Å²) in [4.78, 5) is 0. The Morgan fingerprint density at radius 1 is 1.18 bits per heavy atom. The van der Waals surface area contributed by atoms with Gasteiger partial charge >= 0.3 is 0 Å². The van der Waals surface area contributed by atoms with Gasteiger partial charge in [0.15, 0.2) is 0 Å². The van der Waals surface area contributed by atoms with E-state index in [1.54, 1.807) is 0 Å². The smallest absolute Gasteiger partial charge is 0.0669 e. The van der Waals surface area contributed by atoms with Gasteiger partial charge in [-0.15, -0.1) is 0 Å². The minimum absolute atomic E-state index is 0.501. The topological polar surface area (TPSA) is 35.8 Å². The molecule has 0 radical (unpaired) electrons. The van der Waals surface area contributed by atoms with Crippen molar-refractivity contribution in [3.05, 3.63) is 29.8 Å². The predicted molar refractivity (Wildman–Crippen MR) is 70.8 cm³/mol. The molecule has 0 heterocycles. The van der Waals surface area contributed by atoms with Crippen LogP contribution in [0.4, 0.5) is 5.69 Å². The van der Waals surface area contributed by atoms with Gasteiger partial charge < -0.3 is 5.32 Å². The lowest BCUT2D eigenvalue weighted by atomic mass is 9.87. The molecule has 2 rings (SSSR count). The van der Waals surface area contributed by atoms with Crippen LogP contribution in [-0.4, -0.2) is 6.04 Å². The highest BCUT2D eigenvalue weighted by atomic mass is 14.9. The molecular weight excluding hydrogens is 208 g/mol. The number of nitriles is 1. The van der Waals surface area contributed by atoms with Crippen molar-refractivity contribution >= 4 is 5.69 Å². The fourth-order valence-electron chi connectivity index (χ4n) is 2.45. The second-order valence-electron chi connectivity index (χ2n) is 5.13. The molecule has 1 aliphatic carbocycles. The van der Waals surface area contributed by atoms with Crippen LogP contribution >= 0.6 is 0 Å². The first kappa shape index (κ1) is 12.0. The van der Waals surface area contributed by atoms with Gasteiger partial charge in [-0.25, -0.2) is 0 Å². The van der Waals surface area contributed by atoms with E-state index in [1.807, 2.05) is 12.1 Å². The van der Waals surface area contributed by atoms with Crippen molar-refractivity contribution in [3.63, 3.8) is 0 Å². The summed E-state index contributed by atoms with van der Waals surface area (Å²) < 4.78 is 0. The number of hydrogen-bond acceptors (Lipinski definition) is 2. The van der Waals surface area contributed by atoms with Crippen molar-refractivity contribution in [3.8, 4) is 6.07 Å². The maximum absolute atomic E-state index is 8.61. The number of nitrogens with zero attached hydrogens (tertiary/aromatic N) is 1. The molecule has 1 fully saturated rings. The monoisotopic (exact) mass is 228 g/mol. The Labute approximate surface area is 104 Å². The van der Waals surface area contributed by atoms with Gasteiger partial charge in [0, 0.05) is 11.7 Å². The first-order chi connectivity index (χ1) is 8.28. The summed E-state index contributed by atoms with van der Waals surface area (Å²) in [5.74, 6) is 0.894. The molecule has 0 bridgehead atoms. The molecule has 0 aromatic heterocycles. The normalized spacial score (nSPS) is 24.0. The molecule has 1 N–H and O–H groups in total. The van der Waals surface area contributed by atoms with Crippen molar-refractivity contribution < 1.29 is 0 Å². The molecule has 1 aromatic carbocycles. The molecular formula is C15H20N2. The summed E-state index contributed by atoms with van der Waals surface area (Å²) >= 11 is 0. The standard InChI is InChI=1S/C15H20N2/c1-12-2-6-14(7-3-12)17-15-8-4-13(5-9-15)10-11-16/h4-5,8-9,12,14,17H,2-3,6-7,10H2,1H3. The molecule has 1 saturated carbocycles. The van der Waals surface area contributed by atoms with E-state index in [1.165, 1.54) is 31.4 Å². The van der Waals surface area contributed by atoms with E-state index in [9.17, 15) is 0 Å². The van der Waals surface area contributed by atoms with Gasteiger partial charge in [-0.05, 0) is 49.3 Å². The highest BCUT2D eigenvalue weighted by Gasteiger charge is 2.17. The third kappa shape index (κ3) is 3.49. The summed E-state index contributed by atoms with van der Waals surface area (Å²) in [6.07, 6.45) is 5.73. The Morgan fingerprint density at radius 3 is 2.41 bits per heavy atom. The highest BCUT2D eigenvalue weighted by molar-refractivity contribution is 5.45. The number of benzene rings is 1. The summed E-state index contributed by atoms with van der Waals surface area (Å²) in [5, 5.41) is 12.2. The Bertz CT molecular complexity index is 380. The zero-order valence-corrected chi connectivity index (χ0v) is 10.4. The van der Waals surface area contributed by atoms with Gasteiger partial charge in [-0.3, -0.25) is 0 Å². The first-order valence-electron chi connectivity index (χ1n) is 6.50. The molecule has 90 valence electrons. The summed E-state index contributed by atoms with van der Waals surface area (Å²) in [6.45, 7) is 2.34. The van der Waals surface area contributed by atoms with Crippen LogP contribution in [0.2, 0.25) is 0 Å². The number of rotatable bonds is 3. The molecule has 0 aliphatic heterocycles. The second kappa shape index (κ2) is 5.72. The molecule has 1 aliphatic rings. The Kier molecular flexibility index (Phi) is 4.03. The van der Waals surface area contributed by atoms with Crippen LogP contribution in [0.1, 0.15) is 38.2 Å². The minimum atomic E-state index is 0.501. The highest BCUT2D eigenvalue weighted by Crippen LogP contribution is 2.26. The first-order valence-corrected chi connectivity index (χ1v) is 6.50. The van der Waals surface area contributed by atoms with Crippen LogP contribution in [0.15, 0.2) is 24.3 Å². The maximum Gasteiger partial charge on any atom is 0.0669 e. The van der Waals surface area contributed by atoms with Gasteiger partial charge in [0.1, 0.15) is 0 Å². The molecule has 0 atom stereocenters. The molecule has 17 heavy (non-hydrogen) atoms. The Hall–Kier alpha value is -1.49. The lowest BCUT2D eigenvalue weighted by Gasteiger charge is -2.27. The minimum Gasteiger partial charge on any atom is -0.382 e. The van der Waals surface area contributed by atoms with Crippen LogP contribution in [0.5, 0.6) is 0 Å². The molecule has 0 spiro atoms. The van der Waals surface area contributed by atoms with Crippen molar-refractivity contribution in [2.45, 2.75) is 45.1 Å². The van der Waals surface area contributed by atoms with E-state index in [-0.39, 0.29) is 0 Å². The Balaban J connectivity index is 1.88. The molecule has 1 aromatic rings. The van der Waals surface area contributed by atoms with Crippen LogP contribution in [0, 0.1) is 17.2 Å². The lowest BCUT2D eigenvalue weighted by Crippen LogP contribution is -2.25. The molecule has 2 heteroatoms. The predicted octanol–water partition coefficient (Wildman–Crippen LogP) is 3.74. The Morgan fingerprint density at radius 2 is 1.82 bits per heavy atom. The fourth-order valence-corrected chi connectivity index (χ4v) is 2.45. The molecule has 0 amide bonds. The fraction of sp³-hybridized carbons (Fsp3) is 0.533. The van der Waals surface area contributed by atoms with Crippen molar-refractivity contribution in [2.24, 2.45) is 5.92 Å². The molecule has 0 saturated heterocycles. The van der Waals surface area contributed by atoms with E-state index in [2.05, 4.69) is 30.4 Å². The van der Waals surface area contributed by atoms with Crippen LogP contribution in [0.25, 0.3) is 0 Å². The van der Waals surface area contributed by atoms with E-state index < -0.39 is 0 Å². The van der Waals surface area contributed by atoms with Gasteiger partial charge in [-0.1, -0.05) is 19.1 Å². The van der Waals surface area contributed by atoms with Gasteiger partial charge in [-0.2, -0.15) is 5.26 Å². The van der Waals surface area contributed by atoms with Crippen molar-refractivity contribution in [1.29, 1.82) is 5.26 Å². The third-order valence-electron chi connectivity index (χ3n) is 3.62. The maximum atomic E-state index is 8.61. The summed E-state index contributed by atoms with van der Waals surface area (Å²) in [6, 6.07) is 11.1. The SMILES string of the molecule is CC1CCC(Nc2ccc(CC#N)cc2)CC1. The largest absolute Gasteiger partial charge is 0.382 e. The van der Waals surface area contributed by atoms with Crippen LogP contribution in [-0.2, 0) is 6.42 Å². The van der Waals surface area contributed by atoms with E-state index in [0.29, 0.717) is 12.5 Å². The van der Waals surface area contributed by atoms with Crippen LogP contribution in [0.3, 0.4) is 0 Å².